The summed E-state index contributed by atoms with van der Waals surface area (Å²) in [5.41, 5.74) is -1.01. The van der Waals surface area contributed by atoms with Crippen LogP contribution in [0.4, 0.5) is 18.9 Å². The lowest BCUT2D eigenvalue weighted by Gasteiger charge is -2.38. The summed E-state index contributed by atoms with van der Waals surface area (Å²) < 4.78 is 43.1. The number of β-amino-alcohol motifs (C(OH)–C–C–N with tert-alkyl or cyclic N) is 1. The van der Waals surface area contributed by atoms with Crippen LogP contribution in [0, 0.1) is 18.3 Å². The third-order valence-electron chi connectivity index (χ3n) is 7.85. The lowest BCUT2D eigenvalue weighted by atomic mass is 9.93. The minimum atomic E-state index is -4.76. The summed E-state index contributed by atoms with van der Waals surface area (Å²) in [4.78, 5) is 46.4. The highest BCUT2D eigenvalue weighted by Crippen LogP contribution is 2.36. The fourth-order valence-electron chi connectivity index (χ4n) is 5.48. The molecule has 2 fully saturated rings. The summed E-state index contributed by atoms with van der Waals surface area (Å²) in [6.07, 6.45) is 2.55. The maximum absolute atomic E-state index is 13.6. The molecule has 4 heterocycles. The summed E-state index contributed by atoms with van der Waals surface area (Å²) in [5, 5.41) is 19.5. The molecule has 45 heavy (non-hydrogen) atoms. The van der Waals surface area contributed by atoms with E-state index in [0.29, 0.717) is 45.7 Å². The molecule has 2 atom stereocenters. The molecule has 12 nitrogen and oxygen atoms in total. The van der Waals surface area contributed by atoms with Crippen LogP contribution in [0.2, 0.25) is 5.02 Å². The van der Waals surface area contributed by atoms with E-state index in [4.69, 9.17) is 18.0 Å². The van der Waals surface area contributed by atoms with Crippen LogP contribution in [0.1, 0.15) is 33.1 Å². The molecule has 0 saturated carbocycles. The number of benzene rings is 1. The van der Waals surface area contributed by atoms with Gasteiger partial charge in [-0.2, -0.15) is 18.3 Å². The Morgan fingerprint density at radius 3 is 2.56 bits per heavy atom. The maximum atomic E-state index is 13.6. The normalized spacial score (nSPS) is 18.9. The van der Waals surface area contributed by atoms with Gasteiger partial charge in [0.15, 0.2) is 11.5 Å². The fraction of sp³-hybridized carbons (Fsp3) is 0.414. The average molecular weight is 647 g/mol. The summed E-state index contributed by atoms with van der Waals surface area (Å²) in [7, 11) is 1.40. The molecule has 2 saturated heterocycles. The molecule has 0 aliphatic carbocycles. The molecule has 238 valence electrons. The van der Waals surface area contributed by atoms with E-state index in [1.54, 1.807) is 9.80 Å². The number of imidazole rings is 1. The first kappa shape index (κ1) is 32.0. The van der Waals surface area contributed by atoms with Crippen molar-refractivity contribution in [2.24, 2.45) is 13.0 Å². The number of carbonyl (C=O) groups excluding carboxylic acids is 3. The molecule has 0 radical (unpaired) electrons. The van der Waals surface area contributed by atoms with Crippen molar-refractivity contribution in [1.29, 1.82) is 0 Å². The summed E-state index contributed by atoms with van der Waals surface area (Å²) in [6.45, 7) is 2.09. The number of halogens is 4. The molecule has 3 amide bonds. The summed E-state index contributed by atoms with van der Waals surface area (Å²) in [5.74, 6) is 0.419. The lowest BCUT2D eigenvalue weighted by Crippen LogP contribution is -2.55. The number of nitrogens with zero attached hydrogens (tertiary/aromatic N) is 6. The number of anilines is 1. The third-order valence-corrected chi connectivity index (χ3v) is 8.17. The van der Waals surface area contributed by atoms with Gasteiger partial charge in [-0.25, -0.2) is 4.98 Å². The zero-order chi connectivity index (χ0) is 32.5. The van der Waals surface area contributed by atoms with Gasteiger partial charge in [0.25, 0.3) is 11.8 Å². The van der Waals surface area contributed by atoms with Crippen molar-refractivity contribution >= 4 is 35.0 Å². The van der Waals surface area contributed by atoms with Crippen molar-refractivity contribution < 1.29 is 32.7 Å². The highest BCUT2D eigenvalue weighted by molar-refractivity contribution is 6.34. The number of aromatic nitrogens is 4. The van der Waals surface area contributed by atoms with Gasteiger partial charge < -0.3 is 30.1 Å². The topological polar surface area (TPSA) is 138 Å². The highest BCUT2D eigenvalue weighted by atomic mass is 35.5. The molecule has 0 bridgehead atoms. The zero-order valence-electron chi connectivity index (χ0n) is 24.1. The van der Waals surface area contributed by atoms with Crippen molar-refractivity contribution in [2.75, 3.05) is 44.6 Å². The summed E-state index contributed by atoms with van der Waals surface area (Å²) in [6, 6.07) is 4.33. The van der Waals surface area contributed by atoms with Crippen LogP contribution in [0.5, 0.6) is 0 Å². The lowest BCUT2D eigenvalue weighted by molar-refractivity contribution is -0.142. The molecule has 2 aliphatic heterocycles. The standard InChI is InChI=1S/C29H30ClF3N8O4/c1-3-8-41-16-20(24(37-41)29(31,32)33)22-14-35-25(38(22)2)26(43)36-17-4-5-18(21(30)13-17)27(44)39-9-11-40(12-10-39)28(45)19-6-7-34-15-23(19)42/h1,4-5,13-14,16,19,23,34,42H,6-12,15H2,2H3,(H,36,43)/t19-,23+/m0/s1. The number of terminal acetylenes is 1. The monoisotopic (exact) mass is 646 g/mol. The second-order valence-corrected chi connectivity index (χ2v) is 11.2. The first-order valence-electron chi connectivity index (χ1n) is 14.1. The SMILES string of the molecule is C#CCn1cc(-c2cnc(C(=O)Nc3ccc(C(=O)N4CCN(C(=O)[C@H]5CCNC[C@H]5O)CC4)c(Cl)c3)n2C)c(C(F)(F)F)n1. The van der Waals surface area contributed by atoms with Gasteiger partial charge in [-0.05, 0) is 31.2 Å². The minimum absolute atomic E-state index is 0.00319. The van der Waals surface area contributed by atoms with Crippen molar-refractivity contribution in [3.05, 3.63) is 52.7 Å². The molecule has 1 aromatic carbocycles. The van der Waals surface area contributed by atoms with Gasteiger partial charge in [0.05, 0.1) is 40.1 Å². The number of amides is 3. The van der Waals surface area contributed by atoms with Crippen LogP contribution in [-0.4, -0.2) is 97.3 Å². The van der Waals surface area contributed by atoms with E-state index in [9.17, 15) is 32.7 Å². The van der Waals surface area contributed by atoms with E-state index in [2.05, 4.69) is 26.6 Å². The highest BCUT2D eigenvalue weighted by Gasteiger charge is 2.39. The van der Waals surface area contributed by atoms with Crippen LogP contribution in [0.15, 0.2) is 30.6 Å². The second-order valence-electron chi connectivity index (χ2n) is 10.7. The predicted molar refractivity (Wildman–Crippen MR) is 157 cm³/mol. The Morgan fingerprint density at radius 1 is 1.20 bits per heavy atom. The number of alkyl halides is 3. The van der Waals surface area contributed by atoms with E-state index in [0.717, 1.165) is 17.1 Å². The van der Waals surface area contributed by atoms with Crippen LogP contribution >= 0.6 is 11.6 Å². The van der Waals surface area contributed by atoms with Crippen molar-refractivity contribution in [3.8, 4) is 23.6 Å². The molecule has 16 heteroatoms. The zero-order valence-corrected chi connectivity index (χ0v) is 24.9. The first-order valence-corrected chi connectivity index (χ1v) is 14.4. The van der Waals surface area contributed by atoms with E-state index >= 15 is 0 Å². The van der Waals surface area contributed by atoms with Crippen molar-refractivity contribution in [3.63, 3.8) is 0 Å². The molecule has 0 spiro atoms. The smallest absolute Gasteiger partial charge is 0.391 e. The minimum Gasteiger partial charge on any atom is -0.391 e. The number of nitrogens with one attached hydrogen (secondary N) is 2. The Morgan fingerprint density at radius 2 is 1.91 bits per heavy atom. The predicted octanol–water partition coefficient (Wildman–Crippen LogP) is 2.10. The van der Waals surface area contributed by atoms with Gasteiger partial charge in [0, 0.05) is 51.7 Å². The van der Waals surface area contributed by atoms with Gasteiger partial charge in [-0.1, -0.05) is 17.5 Å². The van der Waals surface area contributed by atoms with E-state index in [-0.39, 0.29) is 51.7 Å². The number of aliphatic hydroxyl groups excluding tert-OH is 1. The Balaban J connectivity index is 1.24. The van der Waals surface area contributed by atoms with Gasteiger partial charge in [-0.3, -0.25) is 19.1 Å². The molecule has 2 aliphatic rings. The molecule has 5 rings (SSSR count). The van der Waals surface area contributed by atoms with Gasteiger partial charge in [0.1, 0.15) is 6.54 Å². The van der Waals surface area contributed by atoms with Crippen LogP contribution < -0.4 is 10.6 Å². The second kappa shape index (κ2) is 12.9. The van der Waals surface area contributed by atoms with E-state index in [1.165, 1.54) is 29.8 Å². The number of hydrogen-bond donors (Lipinski definition) is 3. The Labute approximate surface area is 261 Å². The largest absolute Gasteiger partial charge is 0.435 e. The molecular formula is C29H30ClF3N8O4. The van der Waals surface area contributed by atoms with Gasteiger partial charge >= 0.3 is 6.18 Å². The quantitative estimate of drug-likeness (QED) is 0.349. The molecule has 0 unspecified atom stereocenters. The number of piperidine rings is 1. The van der Waals surface area contributed by atoms with Gasteiger partial charge in [0.2, 0.25) is 5.91 Å². The Kier molecular flexibility index (Phi) is 9.19. The summed E-state index contributed by atoms with van der Waals surface area (Å²) >= 11 is 6.43. The molecule has 3 N–H and O–H groups in total. The molecular weight excluding hydrogens is 617 g/mol. The van der Waals surface area contributed by atoms with Crippen LogP contribution in [0.3, 0.4) is 0 Å². The van der Waals surface area contributed by atoms with Crippen LogP contribution in [-0.2, 0) is 24.6 Å². The number of aliphatic hydroxyl groups is 1. The van der Waals surface area contributed by atoms with Gasteiger partial charge in [-0.15, -0.1) is 6.42 Å². The molecule has 3 aromatic rings. The van der Waals surface area contributed by atoms with Crippen molar-refractivity contribution in [2.45, 2.75) is 25.2 Å². The first-order chi connectivity index (χ1) is 21.4. The number of piperazine rings is 1. The van der Waals surface area contributed by atoms with Crippen LogP contribution in [0.25, 0.3) is 11.3 Å². The molecule has 2 aromatic heterocycles. The van der Waals surface area contributed by atoms with E-state index < -0.39 is 29.8 Å². The Bertz CT molecular complexity index is 1660. The van der Waals surface area contributed by atoms with Crippen molar-refractivity contribution in [1.82, 2.24) is 34.4 Å². The van der Waals surface area contributed by atoms with E-state index in [1.807, 2.05) is 0 Å². The number of hydrogen-bond acceptors (Lipinski definition) is 7. The average Bonchev–Trinajstić information content (AvgIpc) is 3.60. The maximum Gasteiger partial charge on any atom is 0.435 e. The number of rotatable bonds is 6. The number of carbonyl (C=O) groups is 3. The third kappa shape index (κ3) is 6.68. The fourth-order valence-corrected chi connectivity index (χ4v) is 5.74. The Hall–Kier alpha value is -4.39.